The van der Waals surface area contributed by atoms with E-state index in [9.17, 15) is 4.79 Å². The van der Waals surface area contributed by atoms with Crippen molar-refractivity contribution in [3.05, 3.63) is 40.5 Å². The van der Waals surface area contributed by atoms with Gasteiger partial charge in [0.1, 0.15) is 10.0 Å². The average molecular weight is 331 g/mol. The standard InChI is InChI=1S/C14H13N5OS2/c1-2-12-18-19-14(22-12)17-11(20)7-9-8-21-13(16-9)10-5-3-4-6-15-10/h3-6,8H,2,7H2,1H3,(H,17,19,20). The number of hydrogen-bond donors (Lipinski definition) is 1. The van der Waals surface area contributed by atoms with E-state index in [1.807, 2.05) is 30.5 Å². The third-order valence-corrected chi connectivity index (χ3v) is 4.69. The van der Waals surface area contributed by atoms with Crippen LogP contribution in [0.4, 0.5) is 5.13 Å². The molecular weight excluding hydrogens is 318 g/mol. The Hall–Kier alpha value is -2.19. The first-order chi connectivity index (χ1) is 10.7. The quantitative estimate of drug-likeness (QED) is 0.777. The van der Waals surface area contributed by atoms with E-state index in [4.69, 9.17) is 0 Å². The van der Waals surface area contributed by atoms with E-state index in [0.29, 0.717) is 5.13 Å². The van der Waals surface area contributed by atoms with Crippen LogP contribution in [0.1, 0.15) is 17.6 Å². The van der Waals surface area contributed by atoms with Gasteiger partial charge in [-0.25, -0.2) is 4.98 Å². The van der Waals surface area contributed by atoms with Crippen molar-refractivity contribution in [2.24, 2.45) is 0 Å². The highest BCUT2D eigenvalue weighted by Gasteiger charge is 2.11. The molecule has 3 rings (SSSR count). The largest absolute Gasteiger partial charge is 0.300 e. The van der Waals surface area contributed by atoms with Crippen molar-refractivity contribution < 1.29 is 4.79 Å². The van der Waals surface area contributed by atoms with E-state index < -0.39 is 0 Å². The molecule has 0 fully saturated rings. The van der Waals surface area contributed by atoms with Gasteiger partial charge in [0.2, 0.25) is 11.0 Å². The molecule has 0 bridgehead atoms. The van der Waals surface area contributed by atoms with Crippen molar-refractivity contribution in [3.8, 4) is 10.7 Å². The van der Waals surface area contributed by atoms with Crippen molar-refractivity contribution in [1.29, 1.82) is 0 Å². The number of aromatic nitrogens is 4. The number of nitrogens with one attached hydrogen (secondary N) is 1. The highest BCUT2D eigenvalue weighted by Crippen LogP contribution is 2.22. The van der Waals surface area contributed by atoms with Crippen molar-refractivity contribution in [3.63, 3.8) is 0 Å². The number of hydrogen-bond acceptors (Lipinski definition) is 7. The zero-order chi connectivity index (χ0) is 15.4. The minimum absolute atomic E-state index is 0.142. The van der Waals surface area contributed by atoms with Gasteiger partial charge in [-0.1, -0.05) is 24.3 Å². The molecule has 6 nitrogen and oxygen atoms in total. The fourth-order valence-corrected chi connectivity index (χ4v) is 3.26. The number of carbonyl (C=O) groups is 1. The fraction of sp³-hybridized carbons (Fsp3) is 0.214. The van der Waals surface area contributed by atoms with Crippen LogP contribution in [0.3, 0.4) is 0 Å². The molecule has 0 unspecified atom stereocenters. The predicted octanol–water partition coefficient (Wildman–Crippen LogP) is 2.80. The average Bonchev–Trinajstić information content (AvgIpc) is 3.17. The second-order valence-corrected chi connectivity index (χ2v) is 6.36. The van der Waals surface area contributed by atoms with Gasteiger partial charge in [-0.3, -0.25) is 9.78 Å². The predicted molar refractivity (Wildman–Crippen MR) is 87.0 cm³/mol. The molecule has 0 aliphatic heterocycles. The van der Waals surface area contributed by atoms with Crippen LogP contribution in [-0.2, 0) is 17.6 Å². The number of thiazole rings is 1. The van der Waals surface area contributed by atoms with Crippen LogP contribution < -0.4 is 5.32 Å². The Morgan fingerprint density at radius 3 is 2.95 bits per heavy atom. The second kappa shape index (κ2) is 6.71. The molecular formula is C14H13N5OS2. The first-order valence-electron chi connectivity index (χ1n) is 6.72. The van der Waals surface area contributed by atoms with Crippen LogP contribution in [0.15, 0.2) is 29.8 Å². The summed E-state index contributed by atoms with van der Waals surface area (Å²) in [7, 11) is 0. The first-order valence-corrected chi connectivity index (χ1v) is 8.42. The smallest absolute Gasteiger partial charge is 0.232 e. The van der Waals surface area contributed by atoms with Gasteiger partial charge in [-0.2, -0.15) is 0 Å². The van der Waals surface area contributed by atoms with Crippen molar-refractivity contribution in [2.75, 3.05) is 5.32 Å². The summed E-state index contributed by atoms with van der Waals surface area (Å²) in [6.07, 6.45) is 2.75. The molecule has 112 valence electrons. The summed E-state index contributed by atoms with van der Waals surface area (Å²) in [5, 5.41) is 14.8. The number of rotatable bonds is 5. The van der Waals surface area contributed by atoms with Gasteiger partial charge < -0.3 is 5.32 Å². The summed E-state index contributed by atoms with van der Waals surface area (Å²) in [6, 6.07) is 5.67. The summed E-state index contributed by atoms with van der Waals surface area (Å²) in [5.41, 5.74) is 1.54. The third-order valence-electron chi connectivity index (χ3n) is 2.79. The van der Waals surface area contributed by atoms with Crippen LogP contribution in [0.2, 0.25) is 0 Å². The molecule has 0 radical (unpaired) electrons. The minimum Gasteiger partial charge on any atom is -0.300 e. The van der Waals surface area contributed by atoms with Gasteiger partial charge in [0.05, 0.1) is 17.8 Å². The van der Waals surface area contributed by atoms with Gasteiger partial charge in [0, 0.05) is 11.6 Å². The van der Waals surface area contributed by atoms with Gasteiger partial charge in [0.15, 0.2) is 0 Å². The molecule has 3 heterocycles. The maximum absolute atomic E-state index is 12.0. The lowest BCUT2D eigenvalue weighted by molar-refractivity contribution is -0.115. The molecule has 22 heavy (non-hydrogen) atoms. The first kappa shape index (κ1) is 14.7. The Labute approximate surface area is 135 Å². The summed E-state index contributed by atoms with van der Waals surface area (Å²) in [5.74, 6) is -0.142. The summed E-state index contributed by atoms with van der Waals surface area (Å²) in [4.78, 5) is 20.7. The molecule has 0 atom stereocenters. The van der Waals surface area contributed by atoms with Crippen LogP contribution in [0, 0.1) is 0 Å². The molecule has 8 heteroatoms. The summed E-state index contributed by atoms with van der Waals surface area (Å²) >= 11 is 2.87. The molecule has 0 saturated heterocycles. The van der Waals surface area contributed by atoms with Crippen molar-refractivity contribution in [1.82, 2.24) is 20.2 Å². The summed E-state index contributed by atoms with van der Waals surface area (Å²) in [6.45, 7) is 2.00. The third kappa shape index (κ3) is 3.52. The van der Waals surface area contributed by atoms with E-state index in [1.165, 1.54) is 22.7 Å². The molecule has 3 aromatic heterocycles. The maximum atomic E-state index is 12.0. The lowest BCUT2D eigenvalue weighted by atomic mass is 10.3. The van der Waals surface area contributed by atoms with E-state index >= 15 is 0 Å². The molecule has 0 spiro atoms. The van der Waals surface area contributed by atoms with E-state index in [-0.39, 0.29) is 12.3 Å². The monoisotopic (exact) mass is 331 g/mol. The number of pyridine rings is 1. The Morgan fingerprint density at radius 2 is 2.23 bits per heavy atom. The van der Waals surface area contributed by atoms with E-state index in [1.54, 1.807) is 6.20 Å². The van der Waals surface area contributed by atoms with Crippen LogP contribution in [0.25, 0.3) is 10.7 Å². The lowest BCUT2D eigenvalue weighted by Gasteiger charge is -1.98. The Bertz CT molecular complexity index is 768. The Morgan fingerprint density at radius 1 is 1.32 bits per heavy atom. The van der Waals surface area contributed by atoms with E-state index in [2.05, 4.69) is 25.5 Å². The lowest BCUT2D eigenvalue weighted by Crippen LogP contribution is -2.14. The number of anilines is 1. The zero-order valence-electron chi connectivity index (χ0n) is 11.8. The number of aryl methyl sites for hydroxylation is 1. The number of amides is 1. The zero-order valence-corrected chi connectivity index (χ0v) is 13.4. The van der Waals surface area contributed by atoms with Gasteiger partial charge >= 0.3 is 0 Å². The fourth-order valence-electron chi connectivity index (χ4n) is 1.77. The SMILES string of the molecule is CCc1nnc(NC(=O)Cc2csc(-c3ccccn3)n2)s1. The van der Waals surface area contributed by atoms with Crippen LogP contribution >= 0.6 is 22.7 Å². The minimum atomic E-state index is -0.142. The van der Waals surface area contributed by atoms with Gasteiger partial charge in [0.25, 0.3) is 0 Å². The highest BCUT2D eigenvalue weighted by molar-refractivity contribution is 7.15. The topological polar surface area (TPSA) is 80.7 Å². The van der Waals surface area contributed by atoms with E-state index in [0.717, 1.165) is 27.8 Å². The molecule has 0 aliphatic carbocycles. The molecule has 0 aromatic carbocycles. The van der Waals surface area contributed by atoms with Gasteiger partial charge in [-0.05, 0) is 18.6 Å². The number of carbonyl (C=O) groups excluding carboxylic acids is 1. The van der Waals surface area contributed by atoms with Crippen molar-refractivity contribution in [2.45, 2.75) is 19.8 Å². The summed E-state index contributed by atoms with van der Waals surface area (Å²) < 4.78 is 0. The molecule has 0 aliphatic rings. The molecule has 1 N–H and O–H groups in total. The van der Waals surface area contributed by atoms with Gasteiger partial charge in [-0.15, -0.1) is 21.5 Å². The number of nitrogens with zero attached hydrogens (tertiary/aromatic N) is 4. The second-order valence-electron chi connectivity index (χ2n) is 4.44. The Balaban J connectivity index is 1.63. The maximum Gasteiger partial charge on any atom is 0.232 e. The Kier molecular flexibility index (Phi) is 4.50. The molecule has 1 amide bonds. The highest BCUT2D eigenvalue weighted by atomic mass is 32.1. The van der Waals surface area contributed by atoms with Crippen LogP contribution in [0.5, 0.6) is 0 Å². The normalized spacial score (nSPS) is 10.6. The molecule has 3 aromatic rings. The molecule has 0 saturated carbocycles. The van der Waals surface area contributed by atoms with Crippen molar-refractivity contribution >= 4 is 33.7 Å². The van der Waals surface area contributed by atoms with Crippen LogP contribution in [-0.4, -0.2) is 26.1 Å².